The van der Waals surface area contributed by atoms with Crippen LogP contribution < -0.4 is 0 Å². The van der Waals surface area contributed by atoms with E-state index in [1.54, 1.807) is 46.6 Å². The number of nitrogens with zero attached hydrogens (tertiary/aromatic N) is 3. The fourth-order valence-electron chi connectivity index (χ4n) is 3.67. The Bertz CT molecular complexity index is 1260. The molecule has 1 aromatic heterocycles. The van der Waals surface area contributed by atoms with E-state index in [9.17, 15) is 24.1 Å². The van der Waals surface area contributed by atoms with Crippen molar-refractivity contribution in [2.24, 2.45) is 0 Å². The molecule has 3 rings (SSSR count). The molecule has 37 heavy (non-hydrogen) atoms. The van der Waals surface area contributed by atoms with Gasteiger partial charge in [-0.1, -0.05) is 19.1 Å². The molecule has 0 bridgehead atoms. The van der Waals surface area contributed by atoms with Gasteiger partial charge in [0.25, 0.3) is 5.69 Å². The highest BCUT2D eigenvalue weighted by molar-refractivity contribution is 7.10. The van der Waals surface area contributed by atoms with Crippen LogP contribution in [0.5, 0.6) is 0 Å². The molecule has 0 aliphatic heterocycles. The van der Waals surface area contributed by atoms with Gasteiger partial charge >= 0.3 is 0 Å². The second-order valence-electron chi connectivity index (χ2n) is 8.81. The molecule has 0 saturated heterocycles. The van der Waals surface area contributed by atoms with Crippen molar-refractivity contribution in [1.29, 1.82) is 0 Å². The van der Waals surface area contributed by atoms with E-state index in [-0.39, 0.29) is 42.5 Å². The number of hydrogen-bond donors (Lipinski definition) is 0. The number of aryl methyl sites for hydroxylation is 1. The Labute approximate surface area is 220 Å². The summed E-state index contributed by atoms with van der Waals surface area (Å²) in [4.78, 5) is 41.3. The Hall–Kier alpha value is -3.85. The molecule has 0 N–H and O–H groups in total. The van der Waals surface area contributed by atoms with Crippen molar-refractivity contribution >= 4 is 34.9 Å². The summed E-state index contributed by atoms with van der Waals surface area (Å²) in [5.41, 5.74) is 2.49. The zero-order valence-corrected chi connectivity index (χ0v) is 21.9. The summed E-state index contributed by atoms with van der Waals surface area (Å²) in [7, 11) is 0. The first-order valence-electron chi connectivity index (χ1n) is 12.0. The van der Waals surface area contributed by atoms with E-state index >= 15 is 0 Å². The summed E-state index contributed by atoms with van der Waals surface area (Å²) in [6, 6.07) is 13.7. The molecule has 1 heterocycles. The third-order valence-corrected chi connectivity index (χ3v) is 7.18. The molecule has 0 aliphatic rings. The van der Waals surface area contributed by atoms with E-state index in [2.05, 4.69) is 0 Å². The van der Waals surface area contributed by atoms with Crippen LogP contribution in [0.1, 0.15) is 41.8 Å². The van der Waals surface area contributed by atoms with Crippen LogP contribution in [-0.4, -0.2) is 39.1 Å². The van der Waals surface area contributed by atoms with Gasteiger partial charge in [-0.05, 0) is 78.7 Å². The van der Waals surface area contributed by atoms with Crippen LogP contribution in [0, 0.1) is 22.9 Å². The van der Waals surface area contributed by atoms with E-state index < -0.39 is 4.92 Å². The lowest BCUT2D eigenvalue weighted by Crippen LogP contribution is -2.45. The lowest BCUT2D eigenvalue weighted by molar-refractivity contribution is -0.384. The number of carbonyl (C=O) groups is 2. The molecule has 0 spiro atoms. The Kier molecular flexibility index (Phi) is 9.68. The number of carbonyl (C=O) groups excluding carboxylic acids is 2. The van der Waals surface area contributed by atoms with E-state index in [0.717, 1.165) is 16.0 Å². The van der Waals surface area contributed by atoms with E-state index in [1.807, 2.05) is 32.2 Å². The van der Waals surface area contributed by atoms with Crippen molar-refractivity contribution in [3.05, 3.63) is 104 Å². The summed E-state index contributed by atoms with van der Waals surface area (Å²) in [5, 5.41) is 12.8. The number of hydrogen-bond acceptors (Lipinski definition) is 5. The highest BCUT2D eigenvalue weighted by atomic mass is 32.1. The topological polar surface area (TPSA) is 83.8 Å². The molecule has 0 radical (unpaired) electrons. The number of thiophene rings is 1. The molecule has 7 nitrogen and oxygen atoms in total. The van der Waals surface area contributed by atoms with Crippen molar-refractivity contribution in [2.75, 3.05) is 6.54 Å². The highest BCUT2D eigenvalue weighted by Gasteiger charge is 2.24. The second kappa shape index (κ2) is 12.9. The fraction of sp³-hybridized carbons (Fsp3) is 0.286. The van der Waals surface area contributed by atoms with Gasteiger partial charge in [-0.15, -0.1) is 11.3 Å². The first-order chi connectivity index (χ1) is 17.7. The van der Waals surface area contributed by atoms with Gasteiger partial charge in [-0.2, -0.15) is 0 Å². The molecule has 0 fully saturated rings. The van der Waals surface area contributed by atoms with Gasteiger partial charge in [-0.25, -0.2) is 4.39 Å². The number of rotatable bonds is 11. The average molecular weight is 524 g/mol. The van der Waals surface area contributed by atoms with Crippen molar-refractivity contribution in [1.82, 2.24) is 9.80 Å². The van der Waals surface area contributed by atoms with Gasteiger partial charge in [0.2, 0.25) is 11.8 Å². The molecule has 0 aliphatic carbocycles. The summed E-state index contributed by atoms with van der Waals surface area (Å²) in [5.74, 6) is -0.881. The Morgan fingerprint density at radius 1 is 1.08 bits per heavy atom. The predicted octanol–water partition coefficient (Wildman–Crippen LogP) is 5.97. The summed E-state index contributed by atoms with van der Waals surface area (Å²) in [6.07, 6.45) is 3.62. The van der Waals surface area contributed by atoms with E-state index in [0.29, 0.717) is 18.5 Å². The first-order valence-corrected chi connectivity index (χ1v) is 12.8. The van der Waals surface area contributed by atoms with Gasteiger partial charge in [0.15, 0.2) is 0 Å². The van der Waals surface area contributed by atoms with Crippen molar-refractivity contribution in [3.63, 3.8) is 0 Å². The third kappa shape index (κ3) is 7.82. The molecule has 194 valence electrons. The van der Waals surface area contributed by atoms with Gasteiger partial charge in [0.05, 0.1) is 11.5 Å². The largest absolute Gasteiger partial charge is 0.332 e. The van der Waals surface area contributed by atoms with Gasteiger partial charge in [-0.3, -0.25) is 19.7 Å². The lowest BCUT2D eigenvalue weighted by Gasteiger charge is -2.30. The summed E-state index contributed by atoms with van der Waals surface area (Å²) < 4.78 is 13.4. The third-order valence-electron chi connectivity index (χ3n) is 6.18. The fourth-order valence-corrected chi connectivity index (χ4v) is 4.59. The predicted molar refractivity (Wildman–Crippen MR) is 143 cm³/mol. The minimum Gasteiger partial charge on any atom is -0.332 e. The maximum absolute atomic E-state index is 13.5. The molecular weight excluding hydrogens is 493 g/mol. The number of nitro benzene ring substituents is 1. The van der Waals surface area contributed by atoms with Crippen LogP contribution >= 0.6 is 11.3 Å². The lowest BCUT2D eigenvalue weighted by atomic mass is 10.1. The Morgan fingerprint density at radius 3 is 2.32 bits per heavy atom. The van der Waals surface area contributed by atoms with Crippen molar-refractivity contribution in [2.45, 2.75) is 46.3 Å². The van der Waals surface area contributed by atoms with Crippen molar-refractivity contribution < 1.29 is 18.9 Å². The quantitative estimate of drug-likeness (QED) is 0.176. The smallest absolute Gasteiger partial charge is 0.269 e. The SMILES string of the molecule is CC[C@@H](C)N(CC(=O)N(Cc1ccc(F)cc1)Cc1sccc1C)C(=O)/C=C/c1ccc([N+](=O)[O-])cc1. The Balaban J connectivity index is 1.79. The number of amides is 2. The molecule has 2 amide bonds. The van der Waals surface area contributed by atoms with Gasteiger partial charge < -0.3 is 9.80 Å². The zero-order valence-electron chi connectivity index (χ0n) is 21.1. The maximum Gasteiger partial charge on any atom is 0.269 e. The number of halogens is 1. The molecule has 3 aromatic rings. The molecular formula is C28H30FN3O4S. The van der Waals surface area contributed by atoms with Gasteiger partial charge in [0.1, 0.15) is 12.4 Å². The number of non-ortho nitro benzene ring substituents is 1. The van der Waals surface area contributed by atoms with Gasteiger partial charge in [0, 0.05) is 35.7 Å². The van der Waals surface area contributed by atoms with Crippen LogP contribution in [0.2, 0.25) is 0 Å². The number of nitro groups is 1. The van der Waals surface area contributed by atoms with Crippen LogP contribution in [0.4, 0.5) is 10.1 Å². The highest BCUT2D eigenvalue weighted by Crippen LogP contribution is 2.20. The molecule has 2 aromatic carbocycles. The maximum atomic E-state index is 13.5. The summed E-state index contributed by atoms with van der Waals surface area (Å²) in [6.45, 7) is 6.40. The van der Waals surface area contributed by atoms with E-state index in [1.165, 1.54) is 35.2 Å². The average Bonchev–Trinajstić information content (AvgIpc) is 3.30. The standard InChI is InChI=1S/C28H30FN3O4S/c1-4-21(3)31(27(33)14-9-22-7-12-25(13-8-22)32(35)36)19-28(34)30(18-26-20(2)15-16-37-26)17-23-5-10-24(29)11-6-23/h5-16,21H,4,17-19H2,1-3H3/b14-9+/t21-/m1/s1. The van der Waals surface area contributed by atoms with Crippen molar-refractivity contribution in [3.8, 4) is 0 Å². The zero-order chi connectivity index (χ0) is 26.9. The number of benzene rings is 2. The monoisotopic (exact) mass is 523 g/mol. The normalized spacial score (nSPS) is 11.9. The van der Waals surface area contributed by atoms with Crippen LogP contribution in [0.25, 0.3) is 6.08 Å². The minimum atomic E-state index is -0.482. The molecule has 0 saturated carbocycles. The van der Waals surface area contributed by atoms with Crippen LogP contribution in [-0.2, 0) is 22.7 Å². The van der Waals surface area contributed by atoms with Crippen LogP contribution in [0.3, 0.4) is 0 Å². The molecule has 9 heteroatoms. The van der Waals surface area contributed by atoms with E-state index in [4.69, 9.17) is 0 Å². The first kappa shape index (κ1) is 27.7. The van der Waals surface area contributed by atoms with Crippen LogP contribution in [0.15, 0.2) is 66.1 Å². The Morgan fingerprint density at radius 2 is 1.76 bits per heavy atom. The molecule has 1 atom stereocenters. The molecule has 0 unspecified atom stereocenters. The second-order valence-corrected chi connectivity index (χ2v) is 9.81. The minimum absolute atomic E-state index is 0.0301. The summed E-state index contributed by atoms with van der Waals surface area (Å²) >= 11 is 1.57.